The van der Waals surface area contributed by atoms with E-state index in [4.69, 9.17) is 39.2 Å². The van der Waals surface area contributed by atoms with E-state index >= 15 is 0 Å². The Morgan fingerprint density at radius 3 is 2.38 bits per heavy atom. The van der Waals surface area contributed by atoms with Crippen molar-refractivity contribution in [2.45, 2.75) is 0 Å². The predicted molar refractivity (Wildman–Crippen MR) is 60.5 cm³/mol. The molecule has 1 rings (SSSR count). The maximum absolute atomic E-state index is 11.3. The average Bonchev–Trinajstić information content (AvgIpc) is 2.31. The molecule has 0 unspecified atom stereocenters. The summed E-state index contributed by atoms with van der Waals surface area (Å²) < 4.78 is 9.88. The molecule has 0 heterocycles. The van der Waals surface area contributed by atoms with Gasteiger partial charge in [-0.15, -0.1) is 0 Å². The topological polar surface area (TPSA) is 39.9 Å². The molecule has 6 heteroatoms. The average molecular weight is 260 g/mol. The summed E-state index contributed by atoms with van der Waals surface area (Å²) >= 11 is 11.8. The van der Waals surface area contributed by atoms with Crippen LogP contribution in [0, 0.1) is 6.57 Å². The van der Waals surface area contributed by atoms with Crippen LogP contribution in [0.4, 0.5) is 0 Å². The highest BCUT2D eigenvalue weighted by Crippen LogP contribution is 2.41. The number of benzene rings is 1. The van der Waals surface area contributed by atoms with Gasteiger partial charge < -0.3 is 14.3 Å². The molecule has 0 saturated carbocycles. The van der Waals surface area contributed by atoms with Crippen LogP contribution in [0.3, 0.4) is 0 Å². The van der Waals surface area contributed by atoms with Crippen LogP contribution in [-0.4, -0.2) is 20.1 Å². The molecule has 0 radical (unpaired) electrons. The Hall–Kier alpha value is -1.44. The zero-order valence-corrected chi connectivity index (χ0v) is 10.0. The minimum atomic E-state index is -0.784. The summed E-state index contributed by atoms with van der Waals surface area (Å²) in [5, 5.41) is 0.193. The van der Waals surface area contributed by atoms with Crippen LogP contribution in [0.1, 0.15) is 10.4 Å². The fourth-order valence-corrected chi connectivity index (χ4v) is 1.64. The third kappa shape index (κ3) is 2.06. The molecule has 1 aromatic rings. The fraction of sp³-hybridized carbons (Fsp3) is 0.200. The first-order chi connectivity index (χ1) is 7.56. The summed E-state index contributed by atoms with van der Waals surface area (Å²) in [7, 11) is 2.72. The lowest BCUT2D eigenvalue weighted by atomic mass is 10.1. The van der Waals surface area contributed by atoms with E-state index in [1.165, 1.54) is 20.3 Å². The third-order valence-corrected chi connectivity index (χ3v) is 2.72. The molecule has 0 aromatic heterocycles. The predicted octanol–water partition coefficient (Wildman–Crippen LogP) is 3.07. The van der Waals surface area contributed by atoms with Crippen molar-refractivity contribution in [3.05, 3.63) is 33.1 Å². The van der Waals surface area contributed by atoms with Crippen LogP contribution >= 0.6 is 23.2 Å². The lowest BCUT2D eigenvalue weighted by Gasteiger charge is -2.12. The number of halogens is 2. The second-order valence-electron chi connectivity index (χ2n) is 2.70. The molecule has 0 aliphatic carbocycles. The number of rotatable bonds is 3. The van der Waals surface area contributed by atoms with E-state index < -0.39 is 5.91 Å². The first-order valence-corrected chi connectivity index (χ1v) is 4.84. The molecule has 0 aliphatic heterocycles. The number of hydrogen-bond donors (Lipinski definition) is 0. The molecule has 16 heavy (non-hydrogen) atoms. The third-order valence-electron chi connectivity index (χ3n) is 1.88. The van der Waals surface area contributed by atoms with Crippen molar-refractivity contribution in [1.82, 2.24) is 0 Å². The fourth-order valence-electron chi connectivity index (χ4n) is 1.15. The minimum absolute atomic E-state index is 0.0313. The van der Waals surface area contributed by atoms with Crippen LogP contribution in [0.15, 0.2) is 6.07 Å². The number of methoxy groups -OCH3 is 2. The van der Waals surface area contributed by atoms with Crippen LogP contribution in [0.5, 0.6) is 11.5 Å². The van der Waals surface area contributed by atoms with E-state index in [9.17, 15) is 4.79 Å². The zero-order valence-electron chi connectivity index (χ0n) is 8.51. The Morgan fingerprint density at radius 1 is 1.31 bits per heavy atom. The Bertz CT molecular complexity index is 480. The second-order valence-corrected chi connectivity index (χ2v) is 3.46. The van der Waals surface area contributed by atoms with Crippen LogP contribution in [-0.2, 0) is 0 Å². The molecular weight excluding hydrogens is 253 g/mol. The van der Waals surface area contributed by atoms with Crippen LogP contribution in [0.25, 0.3) is 4.85 Å². The molecule has 0 spiro atoms. The summed E-state index contributed by atoms with van der Waals surface area (Å²) in [6.45, 7) is 6.67. The smallest absolute Gasteiger partial charge is 0.389 e. The van der Waals surface area contributed by atoms with Gasteiger partial charge in [0.1, 0.15) is 21.5 Å². The van der Waals surface area contributed by atoms with Gasteiger partial charge in [-0.25, -0.2) is 0 Å². The quantitative estimate of drug-likeness (QED) is 0.784. The molecule has 0 bridgehead atoms. The van der Waals surface area contributed by atoms with Gasteiger partial charge in [0, 0.05) is 0 Å². The maximum atomic E-state index is 11.3. The standard InChI is InChI=1S/C10H7Cl2NO3/c1-13-10(14)5-4-6(15-2)7(11)8(12)9(5)16-3/h4H,2-3H3. The summed E-state index contributed by atoms with van der Waals surface area (Å²) in [4.78, 5) is 14.1. The number of amides is 1. The molecule has 0 atom stereocenters. The molecule has 1 amide bonds. The van der Waals surface area contributed by atoms with Gasteiger partial charge >= 0.3 is 5.91 Å². The summed E-state index contributed by atoms with van der Waals surface area (Å²) in [5.74, 6) is -0.485. The Balaban J connectivity index is 3.55. The lowest BCUT2D eigenvalue weighted by molar-refractivity contribution is 0.104. The minimum Gasteiger partial charge on any atom is -0.496 e. The van der Waals surface area contributed by atoms with Crippen molar-refractivity contribution >= 4 is 29.1 Å². The van der Waals surface area contributed by atoms with E-state index in [1.807, 2.05) is 0 Å². The molecular formula is C10H7Cl2NO3. The monoisotopic (exact) mass is 259 g/mol. The SMILES string of the molecule is [C-]#[N+]C(=O)c1cc(OC)c(Cl)c(Cl)c1OC. The number of nitrogens with zero attached hydrogens (tertiary/aromatic N) is 1. The van der Waals surface area contributed by atoms with Crippen molar-refractivity contribution in [2.75, 3.05) is 14.2 Å². The summed E-state index contributed by atoms with van der Waals surface area (Å²) in [6.07, 6.45) is 0. The van der Waals surface area contributed by atoms with Gasteiger partial charge in [0.15, 0.2) is 0 Å². The van der Waals surface area contributed by atoms with E-state index in [2.05, 4.69) is 4.85 Å². The molecule has 0 saturated heterocycles. The van der Waals surface area contributed by atoms with Gasteiger partial charge in [0.2, 0.25) is 0 Å². The van der Waals surface area contributed by atoms with Crippen LogP contribution < -0.4 is 9.47 Å². The largest absolute Gasteiger partial charge is 0.496 e. The van der Waals surface area contributed by atoms with Gasteiger partial charge in [-0.1, -0.05) is 23.2 Å². The van der Waals surface area contributed by atoms with E-state index in [-0.39, 0.29) is 27.1 Å². The first kappa shape index (κ1) is 12.6. The van der Waals surface area contributed by atoms with E-state index in [0.29, 0.717) is 0 Å². The molecule has 1 aromatic carbocycles. The van der Waals surface area contributed by atoms with Crippen LogP contribution in [0.2, 0.25) is 10.0 Å². The van der Waals surface area contributed by atoms with Gasteiger partial charge in [-0.2, -0.15) is 4.85 Å². The number of carbonyl (C=O) groups excluding carboxylic acids is 1. The first-order valence-electron chi connectivity index (χ1n) is 4.08. The highest BCUT2D eigenvalue weighted by atomic mass is 35.5. The van der Waals surface area contributed by atoms with Gasteiger partial charge in [0.05, 0.1) is 26.4 Å². The molecule has 0 N–H and O–H groups in total. The van der Waals surface area contributed by atoms with Crippen molar-refractivity contribution in [3.8, 4) is 11.5 Å². The maximum Gasteiger partial charge on any atom is 0.389 e. The van der Waals surface area contributed by atoms with Crippen molar-refractivity contribution < 1.29 is 14.3 Å². The molecule has 0 fully saturated rings. The molecule has 4 nitrogen and oxygen atoms in total. The van der Waals surface area contributed by atoms with Crippen molar-refractivity contribution in [2.24, 2.45) is 0 Å². The van der Waals surface area contributed by atoms with Crippen molar-refractivity contribution in [1.29, 1.82) is 0 Å². The normalized spacial score (nSPS) is 9.44. The summed E-state index contributed by atoms with van der Waals surface area (Å²) in [6, 6.07) is 1.33. The highest BCUT2D eigenvalue weighted by molar-refractivity contribution is 6.44. The lowest BCUT2D eigenvalue weighted by Crippen LogP contribution is -2.00. The Kier molecular flexibility index (Phi) is 3.99. The highest BCUT2D eigenvalue weighted by Gasteiger charge is 2.21. The van der Waals surface area contributed by atoms with E-state index in [1.54, 1.807) is 0 Å². The number of hydrogen-bond acceptors (Lipinski definition) is 3. The van der Waals surface area contributed by atoms with Gasteiger partial charge in [-0.05, 0) is 6.07 Å². The van der Waals surface area contributed by atoms with E-state index in [0.717, 1.165) is 0 Å². The second kappa shape index (κ2) is 5.06. The molecule has 84 valence electrons. The van der Waals surface area contributed by atoms with Crippen molar-refractivity contribution in [3.63, 3.8) is 0 Å². The Labute approximate surface area is 102 Å². The summed E-state index contributed by atoms with van der Waals surface area (Å²) in [5.41, 5.74) is 0.0313. The number of carbonyl (C=O) groups is 1. The van der Waals surface area contributed by atoms with Gasteiger partial charge in [-0.3, -0.25) is 0 Å². The number of ether oxygens (including phenoxy) is 2. The zero-order chi connectivity index (χ0) is 12.3. The molecule has 0 aliphatic rings. The Morgan fingerprint density at radius 2 is 1.94 bits per heavy atom. The van der Waals surface area contributed by atoms with Gasteiger partial charge in [0.25, 0.3) is 0 Å².